The van der Waals surface area contributed by atoms with Gasteiger partial charge < -0.3 is 14.3 Å². The van der Waals surface area contributed by atoms with Crippen molar-refractivity contribution in [3.05, 3.63) is 11.8 Å². The minimum absolute atomic E-state index is 0.273. The molecular formula is C12H20N2O3. The van der Waals surface area contributed by atoms with Crippen molar-refractivity contribution in [2.45, 2.75) is 51.7 Å². The number of hydrogen-bond donors (Lipinski definition) is 1. The van der Waals surface area contributed by atoms with Gasteiger partial charge in [-0.25, -0.2) is 0 Å². The van der Waals surface area contributed by atoms with Gasteiger partial charge in [-0.2, -0.15) is 0 Å². The van der Waals surface area contributed by atoms with Gasteiger partial charge in [0.25, 0.3) is 0 Å². The van der Waals surface area contributed by atoms with Crippen LogP contribution in [0.1, 0.15) is 44.4 Å². The highest BCUT2D eigenvalue weighted by molar-refractivity contribution is 4.80. The zero-order chi connectivity index (χ0) is 12.1. The molecular weight excluding hydrogens is 220 g/mol. The standard InChI is InChI=1S/C12H20N2O3/c1-2-11-13-14-12(17-11)8-16-10-5-3-9(7-15)4-6-10/h9-10,15H,2-8H2,1H3. The lowest BCUT2D eigenvalue weighted by atomic mass is 9.88. The van der Waals surface area contributed by atoms with Gasteiger partial charge in [-0.1, -0.05) is 6.92 Å². The Balaban J connectivity index is 1.72. The quantitative estimate of drug-likeness (QED) is 0.848. The molecule has 0 bridgehead atoms. The normalized spacial score (nSPS) is 25.1. The van der Waals surface area contributed by atoms with Crippen LogP contribution in [0.5, 0.6) is 0 Å². The SMILES string of the molecule is CCc1nnc(COC2CCC(CO)CC2)o1. The smallest absolute Gasteiger partial charge is 0.242 e. The molecule has 1 heterocycles. The van der Waals surface area contributed by atoms with Crippen molar-refractivity contribution >= 4 is 0 Å². The van der Waals surface area contributed by atoms with Crippen molar-refractivity contribution in [2.24, 2.45) is 5.92 Å². The summed E-state index contributed by atoms with van der Waals surface area (Å²) in [7, 11) is 0. The van der Waals surface area contributed by atoms with Gasteiger partial charge in [0.15, 0.2) is 0 Å². The average molecular weight is 240 g/mol. The Morgan fingerprint density at radius 3 is 2.53 bits per heavy atom. The van der Waals surface area contributed by atoms with Gasteiger partial charge >= 0.3 is 0 Å². The monoisotopic (exact) mass is 240 g/mol. The molecule has 0 saturated heterocycles. The van der Waals surface area contributed by atoms with Crippen LogP contribution in [0.25, 0.3) is 0 Å². The van der Waals surface area contributed by atoms with Crippen molar-refractivity contribution in [3.63, 3.8) is 0 Å². The molecule has 0 aromatic carbocycles. The summed E-state index contributed by atoms with van der Waals surface area (Å²) in [5.74, 6) is 1.68. The number of aryl methyl sites for hydroxylation is 1. The third-order valence-corrected chi connectivity index (χ3v) is 3.31. The van der Waals surface area contributed by atoms with Crippen molar-refractivity contribution in [3.8, 4) is 0 Å². The second-order valence-corrected chi connectivity index (χ2v) is 4.58. The molecule has 0 spiro atoms. The number of rotatable bonds is 5. The summed E-state index contributed by atoms with van der Waals surface area (Å²) in [6.45, 7) is 2.69. The summed E-state index contributed by atoms with van der Waals surface area (Å²) in [4.78, 5) is 0. The molecule has 0 atom stereocenters. The zero-order valence-electron chi connectivity index (χ0n) is 10.3. The topological polar surface area (TPSA) is 68.4 Å². The summed E-state index contributed by atoms with van der Waals surface area (Å²) >= 11 is 0. The highest BCUT2D eigenvalue weighted by Crippen LogP contribution is 2.26. The third kappa shape index (κ3) is 3.51. The Kier molecular flexibility index (Phi) is 4.50. The summed E-state index contributed by atoms with van der Waals surface area (Å²) < 4.78 is 11.1. The van der Waals surface area contributed by atoms with Crippen molar-refractivity contribution < 1.29 is 14.3 Å². The van der Waals surface area contributed by atoms with Crippen LogP contribution in [0.3, 0.4) is 0 Å². The molecule has 5 heteroatoms. The highest BCUT2D eigenvalue weighted by atomic mass is 16.5. The average Bonchev–Trinajstić information content (AvgIpc) is 2.85. The fourth-order valence-electron chi connectivity index (χ4n) is 2.16. The fourth-order valence-corrected chi connectivity index (χ4v) is 2.16. The number of hydrogen-bond acceptors (Lipinski definition) is 5. The van der Waals surface area contributed by atoms with Gasteiger partial charge in [0.2, 0.25) is 11.8 Å². The summed E-state index contributed by atoms with van der Waals surface area (Å²) in [6, 6.07) is 0. The first-order chi connectivity index (χ1) is 8.31. The molecule has 1 aliphatic rings. The molecule has 0 unspecified atom stereocenters. The van der Waals surface area contributed by atoms with Crippen LogP contribution in [-0.4, -0.2) is 28.0 Å². The first-order valence-electron chi connectivity index (χ1n) is 6.35. The van der Waals surface area contributed by atoms with E-state index in [0.717, 1.165) is 32.1 Å². The second-order valence-electron chi connectivity index (χ2n) is 4.58. The predicted molar refractivity (Wildman–Crippen MR) is 61.3 cm³/mol. The molecule has 1 saturated carbocycles. The van der Waals surface area contributed by atoms with Gasteiger partial charge in [-0.3, -0.25) is 0 Å². The van der Waals surface area contributed by atoms with E-state index >= 15 is 0 Å². The molecule has 2 rings (SSSR count). The van der Waals surface area contributed by atoms with Crippen LogP contribution in [0, 0.1) is 5.92 Å². The molecule has 5 nitrogen and oxygen atoms in total. The minimum Gasteiger partial charge on any atom is -0.423 e. The molecule has 0 aliphatic heterocycles. The lowest BCUT2D eigenvalue weighted by molar-refractivity contribution is -0.00768. The van der Waals surface area contributed by atoms with Crippen LogP contribution in [0.4, 0.5) is 0 Å². The summed E-state index contributed by atoms with van der Waals surface area (Å²) in [6.07, 6.45) is 5.15. The van der Waals surface area contributed by atoms with Gasteiger partial charge in [-0.05, 0) is 31.6 Å². The second kappa shape index (κ2) is 6.12. The van der Waals surface area contributed by atoms with E-state index in [1.54, 1.807) is 0 Å². The van der Waals surface area contributed by atoms with Crippen molar-refractivity contribution in [1.29, 1.82) is 0 Å². The van der Waals surface area contributed by atoms with Crippen LogP contribution >= 0.6 is 0 Å². The van der Waals surface area contributed by atoms with Gasteiger partial charge in [0.1, 0.15) is 6.61 Å². The maximum atomic E-state index is 9.04. The van der Waals surface area contributed by atoms with Gasteiger partial charge in [-0.15, -0.1) is 10.2 Å². The number of nitrogens with zero attached hydrogens (tertiary/aromatic N) is 2. The molecule has 96 valence electrons. The Hall–Kier alpha value is -0.940. The lowest BCUT2D eigenvalue weighted by Gasteiger charge is -2.26. The fraction of sp³-hybridized carbons (Fsp3) is 0.833. The van der Waals surface area contributed by atoms with E-state index in [0.29, 0.717) is 30.9 Å². The van der Waals surface area contributed by atoms with Gasteiger partial charge in [0.05, 0.1) is 6.10 Å². The van der Waals surface area contributed by atoms with E-state index in [1.807, 2.05) is 6.92 Å². The maximum absolute atomic E-state index is 9.04. The molecule has 17 heavy (non-hydrogen) atoms. The number of aliphatic hydroxyl groups excluding tert-OH is 1. The summed E-state index contributed by atoms with van der Waals surface area (Å²) in [5.41, 5.74) is 0. The van der Waals surface area contributed by atoms with Gasteiger partial charge in [0, 0.05) is 13.0 Å². The van der Waals surface area contributed by atoms with E-state index in [2.05, 4.69) is 10.2 Å². The third-order valence-electron chi connectivity index (χ3n) is 3.31. The molecule has 1 aliphatic carbocycles. The van der Waals surface area contributed by atoms with Crippen molar-refractivity contribution in [1.82, 2.24) is 10.2 Å². The van der Waals surface area contributed by atoms with Crippen LogP contribution in [0.15, 0.2) is 4.42 Å². The van der Waals surface area contributed by atoms with E-state index in [1.165, 1.54) is 0 Å². The van der Waals surface area contributed by atoms with E-state index in [9.17, 15) is 0 Å². The summed E-state index contributed by atoms with van der Waals surface area (Å²) in [5, 5.41) is 16.9. The van der Waals surface area contributed by atoms with Crippen LogP contribution in [-0.2, 0) is 17.8 Å². The largest absolute Gasteiger partial charge is 0.423 e. The minimum atomic E-state index is 0.273. The molecule has 1 fully saturated rings. The Morgan fingerprint density at radius 1 is 1.24 bits per heavy atom. The predicted octanol–water partition coefficient (Wildman–Crippen LogP) is 1.70. The highest BCUT2D eigenvalue weighted by Gasteiger charge is 2.21. The molecule has 1 N–H and O–H groups in total. The van der Waals surface area contributed by atoms with Crippen molar-refractivity contribution in [2.75, 3.05) is 6.61 Å². The number of aliphatic hydroxyl groups is 1. The molecule has 1 aromatic rings. The van der Waals surface area contributed by atoms with E-state index in [4.69, 9.17) is 14.3 Å². The molecule has 0 amide bonds. The van der Waals surface area contributed by atoms with Crippen LogP contribution in [0.2, 0.25) is 0 Å². The van der Waals surface area contributed by atoms with Crippen LogP contribution < -0.4 is 0 Å². The molecule has 0 radical (unpaired) electrons. The van der Waals surface area contributed by atoms with E-state index < -0.39 is 0 Å². The Labute approximate surface area is 101 Å². The zero-order valence-corrected chi connectivity index (χ0v) is 10.3. The first kappa shape index (κ1) is 12.5. The number of aromatic nitrogens is 2. The first-order valence-corrected chi connectivity index (χ1v) is 6.35. The Bertz CT molecular complexity index is 332. The number of ether oxygens (including phenoxy) is 1. The lowest BCUT2D eigenvalue weighted by Crippen LogP contribution is -2.23. The molecule has 1 aromatic heterocycles. The maximum Gasteiger partial charge on any atom is 0.242 e. The Morgan fingerprint density at radius 2 is 1.94 bits per heavy atom. The van der Waals surface area contributed by atoms with E-state index in [-0.39, 0.29) is 6.10 Å².